The number of aromatic nitrogens is 4. The Morgan fingerprint density at radius 2 is 1.39 bits per heavy atom. The Hall–Kier alpha value is -4.55. The van der Waals surface area contributed by atoms with Crippen molar-refractivity contribution >= 4 is 38.0 Å². The van der Waals surface area contributed by atoms with Gasteiger partial charge < -0.3 is 4.98 Å². The summed E-state index contributed by atoms with van der Waals surface area (Å²) in [6, 6.07) is 37.1. The van der Waals surface area contributed by atoms with Crippen LogP contribution in [-0.4, -0.2) is 19.5 Å². The Balaban J connectivity index is 1.59. The second-order valence-corrected chi connectivity index (χ2v) is 9.89. The Morgan fingerprint density at radius 3 is 2.16 bits per heavy atom. The van der Waals surface area contributed by atoms with Gasteiger partial charge in [-0.05, 0) is 30.3 Å². The van der Waals surface area contributed by atoms with Gasteiger partial charge in [-0.2, -0.15) is 0 Å². The van der Waals surface area contributed by atoms with Crippen LogP contribution in [0.1, 0.15) is 0 Å². The van der Waals surface area contributed by atoms with E-state index in [4.69, 9.17) is 9.97 Å². The van der Waals surface area contributed by atoms with E-state index in [2.05, 4.69) is 25.5 Å². The van der Waals surface area contributed by atoms with Gasteiger partial charge in [0.2, 0.25) is 0 Å². The standard InChI is InChI=1S/C32H20BrFN4/c33-23-15-8-16-24(34)28(23)22-14-7-18-26-30(22)38(32(36-26)21-12-5-2-6-13-21)27-19-9-17-25-29(27)37-31(35-25)20-10-3-1-4-11-20/h1-19H,(H,35,37). The molecule has 2 heterocycles. The number of nitrogens with zero attached hydrogens (tertiary/aromatic N) is 3. The Morgan fingerprint density at radius 1 is 0.684 bits per heavy atom. The number of rotatable bonds is 4. The third-order valence-electron chi connectivity index (χ3n) is 6.72. The molecule has 4 nitrogen and oxygen atoms in total. The molecule has 0 atom stereocenters. The number of halogens is 2. The second kappa shape index (κ2) is 9.08. The zero-order valence-corrected chi connectivity index (χ0v) is 21.7. The highest BCUT2D eigenvalue weighted by atomic mass is 79.9. The molecule has 0 aliphatic carbocycles. The Labute approximate surface area is 226 Å². The molecule has 0 aliphatic heterocycles. The molecule has 6 heteroatoms. The molecule has 0 aliphatic rings. The number of nitrogens with one attached hydrogen (secondary N) is 1. The summed E-state index contributed by atoms with van der Waals surface area (Å²) in [5.74, 6) is 1.25. The van der Waals surface area contributed by atoms with E-state index in [-0.39, 0.29) is 5.82 Å². The first kappa shape index (κ1) is 22.6. The number of para-hydroxylation sites is 2. The van der Waals surface area contributed by atoms with Crippen molar-refractivity contribution in [2.45, 2.75) is 0 Å². The summed E-state index contributed by atoms with van der Waals surface area (Å²) in [6.07, 6.45) is 0. The lowest BCUT2D eigenvalue weighted by Gasteiger charge is -2.14. The van der Waals surface area contributed by atoms with Gasteiger partial charge in [-0.1, -0.05) is 101 Å². The fraction of sp³-hybridized carbons (Fsp3) is 0. The number of imidazole rings is 2. The van der Waals surface area contributed by atoms with Gasteiger partial charge in [0.05, 0.1) is 22.2 Å². The Bertz CT molecular complexity index is 1920. The fourth-order valence-electron chi connectivity index (χ4n) is 5.03. The monoisotopic (exact) mass is 558 g/mol. The van der Waals surface area contributed by atoms with E-state index in [0.29, 0.717) is 10.0 Å². The maximum absolute atomic E-state index is 15.3. The van der Waals surface area contributed by atoms with Crippen LogP contribution in [0.5, 0.6) is 0 Å². The van der Waals surface area contributed by atoms with Crippen LogP contribution in [0.3, 0.4) is 0 Å². The van der Waals surface area contributed by atoms with Gasteiger partial charge >= 0.3 is 0 Å². The number of aromatic amines is 1. The molecule has 0 amide bonds. The maximum Gasteiger partial charge on any atom is 0.145 e. The van der Waals surface area contributed by atoms with Crippen LogP contribution in [0, 0.1) is 5.82 Å². The third kappa shape index (κ3) is 3.64. The van der Waals surface area contributed by atoms with Gasteiger partial charge in [-0.15, -0.1) is 0 Å². The highest BCUT2D eigenvalue weighted by molar-refractivity contribution is 9.10. The van der Waals surface area contributed by atoms with Crippen LogP contribution in [0.25, 0.3) is 61.7 Å². The molecule has 0 fully saturated rings. The summed E-state index contributed by atoms with van der Waals surface area (Å²) >= 11 is 3.58. The topological polar surface area (TPSA) is 46.5 Å². The number of hydrogen-bond acceptors (Lipinski definition) is 2. The van der Waals surface area contributed by atoms with Crippen LogP contribution in [0.4, 0.5) is 4.39 Å². The van der Waals surface area contributed by atoms with Crippen LogP contribution in [0.2, 0.25) is 0 Å². The number of benzene rings is 5. The SMILES string of the molecule is Fc1cccc(Br)c1-c1cccc2nc(-c3ccccc3)n(-c3cccc4[nH]c(-c5ccccc5)nc34)c12. The normalized spacial score (nSPS) is 11.4. The van der Waals surface area contributed by atoms with Crippen molar-refractivity contribution in [3.05, 3.63) is 126 Å². The zero-order valence-electron chi connectivity index (χ0n) is 20.1. The van der Waals surface area contributed by atoms with Crippen LogP contribution in [-0.2, 0) is 0 Å². The number of hydrogen-bond donors (Lipinski definition) is 1. The smallest absolute Gasteiger partial charge is 0.145 e. The first-order valence-corrected chi connectivity index (χ1v) is 13.0. The molecule has 0 unspecified atom stereocenters. The van der Waals surface area contributed by atoms with Crippen molar-refractivity contribution in [1.82, 2.24) is 19.5 Å². The molecule has 1 N–H and O–H groups in total. The molecule has 5 aromatic carbocycles. The average molecular weight is 559 g/mol. The van der Waals surface area contributed by atoms with Crippen LogP contribution < -0.4 is 0 Å². The van der Waals surface area contributed by atoms with Crippen molar-refractivity contribution in [2.75, 3.05) is 0 Å². The average Bonchev–Trinajstić information content (AvgIpc) is 3.57. The van der Waals surface area contributed by atoms with E-state index in [1.165, 1.54) is 6.07 Å². The molecule has 0 saturated carbocycles. The molecule has 38 heavy (non-hydrogen) atoms. The minimum Gasteiger partial charge on any atom is -0.338 e. The minimum absolute atomic E-state index is 0.301. The lowest BCUT2D eigenvalue weighted by atomic mass is 10.0. The van der Waals surface area contributed by atoms with Crippen LogP contribution >= 0.6 is 15.9 Å². The van der Waals surface area contributed by atoms with Gasteiger partial charge in [-0.25, -0.2) is 14.4 Å². The summed E-state index contributed by atoms with van der Waals surface area (Å²) < 4.78 is 18.1. The number of H-pyrrole nitrogens is 1. The van der Waals surface area contributed by atoms with Crippen molar-refractivity contribution in [3.63, 3.8) is 0 Å². The molecule has 2 aromatic heterocycles. The third-order valence-corrected chi connectivity index (χ3v) is 7.38. The van der Waals surface area contributed by atoms with Crippen LogP contribution in [0.15, 0.2) is 120 Å². The summed E-state index contributed by atoms with van der Waals surface area (Å²) in [6.45, 7) is 0. The first-order valence-electron chi connectivity index (χ1n) is 12.2. The lowest BCUT2D eigenvalue weighted by molar-refractivity contribution is 0.630. The predicted molar refractivity (Wildman–Crippen MR) is 155 cm³/mol. The number of fused-ring (bicyclic) bond motifs is 2. The quantitative estimate of drug-likeness (QED) is 0.234. The van der Waals surface area contributed by atoms with Gasteiger partial charge in [0, 0.05) is 26.7 Å². The lowest BCUT2D eigenvalue weighted by Crippen LogP contribution is -2.00. The zero-order chi connectivity index (χ0) is 25.6. The van der Waals surface area contributed by atoms with E-state index in [1.807, 2.05) is 103 Å². The molecule has 0 bridgehead atoms. The summed E-state index contributed by atoms with van der Waals surface area (Å²) in [5, 5.41) is 0. The fourth-order valence-corrected chi connectivity index (χ4v) is 5.58. The van der Waals surface area contributed by atoms with Gasteiger partial charge in [0.25, 0.3) is 0 Å². The van der Waals surface area contributed by atoms with Crippen molar-refractivity contribution in [2.24, 2.45) is 0 Å². The summed E-state index contributed by atoms with van der Waals surface area (Å²) in [5.41, 5.74) is 7.37. The largest absolute Gasteiger partial charge is 0.338 e. The molecule has 0 spiro atoms. The predicted octanol–water partition coefficient (Wildman–Crippen LogP) is 8.80. The maximum atomic E-state index is 15.3. The van der Waals surface area contributed by atoms with E-state index in [0.717, 1.165) is 56.1 Å². The second-order valence-electron chi connectivity index (χ2n) is 9.03. The molecule has 182 valence electrons. The first-order chi connectivity index (χ1) is 18.7. The Kier molecular flexibility index (Phi) is 5.41. The summed E-state index contributed by atoms with van der Waals surface area (Å²) in [7, 11) is 0. The molecular formula is C32H20BrFN4. The molecule has 0 radical (unpaired) electrons. The molecule has 7 rings (SSSR count). The van der Waals surface area contributed by atoms with E-state index in [9.17, 15) is 0 Å². The molecule has 0 saturated heterocycles. The van der Waals surface area contributed by atoms with Crippen molar-refractivity contribution in [3.8, 4) is 39.6 Å². The van der Waals surface area contributed by atoms with E-state index < -0.39 is 0 Å². The minimum atomic E-state index is -0.301. The van der Waals surface area contributed by atoms with Gasteiger partial charge in [-0.3, -0.25) is 4.57 Å². The highest BCUT2D eigenvalue weighted by Gasteiger charge is 2.22. The van der Waals surface area contributed by atoms with E-state index >= 15 is 4.39 Å². The van der Waals surface area contributed by atoms with Gasteiger partial charge in [0.1, 0.15) is 23.0 Å². The summed E-state index contributed by atoms with van der Waals surface area (Å²) in [4.78, 5) is 13.6. The van der Waals surface area contributed by atoms with E-state index in [1.54, 1.807) is 6.07 Å². The molecule has 7 aromatic rings. The van der Waals surface area contributed by atoms with Crippen molar-refractivity contribution < 1.29 is 4.39 Å². The van der Waals surface area contributed by atoms with Gasteiger partial charge in [0.15, 0.2) is 0 Å². The highest BCUT2D eigenvalue weighted by Crippen LogP contribution is 2.40. The molecular weight excluding hydrogens is 539 g/mol. The van der Waals surface area contributed by atoms with Crippen molar-refractivity contribution in [1.29, 1.82) is 0 Å².